The molecule has 0 saturated carbocycles. The van der Waals surface area contributed by atoms with Crippen LogP contribution in [0.25, 0.3) is 0 Å². The van der Waals surface area contributed by atoms with Gasteiger partial charge >= 0.3 is 11.6 Å². The summed E-state index contributed by atoms with van der Waals surface area (Å²) in [5, 5.41) is 19.9. The lowest BCUT2D eigenvalue weighted by molar-refractivity contribution is -0.385. The second kappa shape index (κ2) is 9.67. The maximum absolute atomic E-state index is 11.9. The number of anilines is 1. The summed E-state index contributed by atoms with van der Waals surface area (Å²) in [6.07, 6.45) is 5.92. The molecular formula is C21H24N8O4. The van der Waals surface area contributed by atoms with E-state index in [0.29, 0.717) is 43.4 Å². The number of nitro groups is 1. The second-order valence-corrected chi connectivity index (χ2v) is 8.02. The van der Waals surface area contributed by atoms with Gasteiger partial charge in [-0.2, -0.15) is 9.97 Å². The molecule has 0 unspecified atom stereocenters. The van der Waals surface area contributed by atoms with Gasteiger partial charge in [0, 0.05) is 42.9 Å². The maximum Gasteiger partial charge on any atom is 0.375 e. The van der Waals surface area contributed by atoms with Crippen LogP contribution in [0.3, 0.4) is 0 Å². The Morgan fingerprint density at radius 1 is 1.33 bits per heavy atom. The molecule has 4 rings (SSSR count). The van der Waals surface area contributed by atoms with Crippen molar-refractivity contribution in [3.8, 4) is 5.88 Å². The van der Waals surface area contributed by atoms with Crippen LogP contribution < -0.4 is 9.74 Å². The second-order valence-electron chi connectivity index (χ2n) is 8.02. The Morgan fingerprint density at radius 3 is 2.76 bits per heavy atom. The van der Waals surface area contributed by atoms with Gasteiger partial charge in [0.2, 0.25) is 11.7 Å². The van der Waals surface area contributed by atoms with Crippen molar-refractivity contribution in [1.29, 1.82) is 0 Å². The molecule has 0 radical (unpaired) electrons. The molecule has 0 aliphatic carbocycles. The number of piperidine rings is 1. The minimum Gasteiger partial charge on any atom is -0.351 e. The normalized spacial score (nSPS) is 15.2. The average Bonchev–Trinajstić information content (AvgIpc) is 3.33. The molecule has 1 saturated heterocycles. The fourth-order valence-corrected chi connectivity index (χ4v) is 3.54. The first-order valence-electron chi connectivity index (χ1n) is 10.6. The van der Waals surface area contributed by atoms with E-state index in [1.807, 2.05) is 24.8 Å². The Morgan fingerprint density at radius 2 is 2.12 bits per heavy atom. The number of rotatable bonds is 7. The molecule has 172 valence electrons. The number of hydrogen-bond donors (Lipinski definition) is 0. The molecule has 0 amide bonds. The number of hydrogen-bond acceptors (Lipinski definition) is 11. The summed E-state index contributed by atoms with van der Waals surface area (Å²) < 4.78 is 5.43. The third-order valence-electron chi connectivity index (χ3n) is 5.42. The molecule has 1 aliphatic heterocycles. The first-order valence-corrected chi connectivity index (χ1v) is 10.6. The highest BCUT2D eigenvalue weighted by atomic mass is 16.7. The Hall–Kier alpha value is -3.96. The Balaban J connectivity index is 1.51. The highest BCUT2D eigenvalue weighted by Crippen LogP contribution is 2.37. The van der Waals surface area contributed by atoms with E-state index >= 15 is 0 Å². The Bertz CT molecular complexity index is 1140. The third kappa shape index (κ3) is 4.94. The fraction of sp³-hybridized carbons (Fsp3) is 0.429. The van der Waals surface area contributed by atoms with E-state index in [9.17, 15) is 10.1 Å². The van der Waals surface area contributed by atoms with Crippen LogP contribution in [0.15, 0.2) is 40.5 Å². The van der Waals surface area contributed by atoms with Gasteiger partial charge in [-0.3, -0.25) is 15.1 Å². The molecule has 1 aliphatic rings. The Labute approximate surface area is 189 Å². The van der Waals surface area contributed by atoms with E-state index in [1.54, 1.807) is 25.4 Å². The average molecular weight is 452 g/mol. The lowest BCUT2D eigenvalue weighted by Crippen LogP contribution is -2.34. The molecule has 3 aromatic heterocycles. The quantitative estimate of drug-likeness (QED) is 0.296. The van der Waals surface area contributed by atoms with Gasteiger partial charge in [0.25, 0.3) is 0 Å². The molecule has 12 heteroatoms. The van der Waals surface area contributed by atoms with Gasteiger partial charge in [-0.15, -0.1) is 0 Å². The molecule has 1 fully saturated rings. The van der Waals surface area contributed by atoms with Gasteiger partial charge in [0.1, 0.15) is 6.33 Å². The van der Waals surface area contributed by atoms with Crippen LogP contribution in [-0.4, -0.2) is 48.8 Å². The molecule has 0 atom stereocenters. The van der Waals surface area contributed by atoms with Gasteiger partial charge in [0.05, 0.1) is 10.6 Å². The predicted molar refractivity (Wildman–Crippen MR) is 118 cm³/mol. The van der Waals surface area contributed by atoms with Crippen molar-refractivity contribution in [3.05, 3.63) is 58.2 Å². The highest BCUT2D eigenvalue weighted by Gasteiger charge is 2.33. The molecule has 0 bridgehead atoms. The van der Waals surface area contributed by atoms with Gasteiger partial charge in [-0.25, -0.2) is 4.98 Å². The summed E-state index contributed by atoms with van der Waals surface area (Å²) in [6, 6.07) is 3.58. The minimum atomic E-state index is -0.543. The largest absolute Gasteiger partial charge is 0.375 e. The number of nitrogens with zero attached hydrogens (tertiary/aromatic N) is 8. The van der Waals surface area contributed by atoms with E-state index in [4.69, 9.17) is 9.36 Å². The first kappa shape index (κ1) is 22.2. The highest BCUT2D eigenvalue weighted by molar-refractivity contribution is 5.98. The van der Waals surface area contributed by atoms with Gasteiger partial charge in [0.15, 0.2) is 5.82 Å². The van der Waals surface area contributed by atoms with E-state index in [2.05, 4.69) is 30.2 Å². The predicted octanol–water partition coefficient (Wildman–Crippen LogP) is 3.47. The smallest absolute Gasteiger partial charge is 0.351 e. The fourth-order valence-electron chi connectivity index (χ4n) is 3.54. The van der Waals surface area contributed by atoms with E-state index in [-0.39, 0.29) is 29.2 Å². The van der Waals surface area contributed by atoms with Crippen molar-refractivity contribution < 1.29 is 14.3 Å². The van der Waals surface area contributed by atoms with Gasteiger partial charge < -0.3 is 14.3 Å². The van der Waals surface area contributed by atoms with Crippen LogP contribution in [0.1, 0.15) is 62.7 Å². The standard InChI is InChI=1S/C21H24N8O4/c1-13(2)18-25-20(32-27-18)15-6-9-28(10-7-15)19-17(29(30)31)21(24-12-23-19)33-26-14(3)16-5-4-8-22-11-16/h4-5,8,11-13,15H,6-7,9-10H2,1-3H3. The van der Waals surface area contributed by atoms with Gasteiger partial charge in [-0.1, -0.05) is 24.2 Å². The van der Waals surface area contributed by atoms with Crippen molar-refractivity contribution >= 4 is 17.2 Å². The zero-order valence-corrected chi connectivity index (χ0v) is 18.6. The molecule has 0 spiro atoms. The topological polar surface area (TPSA) is 146 Å². The van der Waals surface area contributed by atoms with Crippen LogP contribution in [0, 0.1) is 10.1 Å². The monoisotopic (exact) mass is 452 g/mol. The summed E-state index contributed by atoms with van der Waals surface area (Å²) in [5.41, 5.74) is 0.926. The molecule has 0 aromatic carbocycles. The van der Waals surface area contributed by atoms with Crippen LogP contribution in [-0.2, 0) is 0 Å². The summed E-state index contributed by atoms with van der Waals surface area (Å²) >= 11 is 0. The molecule has 33 heavy (non-hydrogen) atoms. The van der Waals surface area contributed by atoms with Crippen molar-refractivity contribution in [2.75, 3.05) is 18.0 Å². The number of oxime groups is 1. The van der Waals surface area contributed by atoms with E-state index in [1.165, 1.54) is 6.33 Å². The zero-order chi connectivity index (χ0) is 23.4. The molecule has 3 aromatic rings. The maximum atomic E-state index is 11.9. The van der Waals surface area contributed by atoms with Crippen molar-refractivity contribution in [2.45, 2.75) is 45.4 Å². The van der Waals surface area contributed by atoms with Crippen LogP contribution in [0.2, 0.25) is 0 Å². The van der Waals surface area contributed by atoms with Crippen LogP contribution in [0.5, 0.6) is 5.88 Å². The van der Waals surface area contributed by atoms with Gasteiger partial charge in [-0.05, 0) is 31.9 Å². The minimum absolute atomic E-state index is 0.101. The summed E-state index contributed by atoms with van der Waals surface area (Å²) in [6.45, 7) is 6.82. The lowest BCUT2D eigenvalue weighted by atomic mass is 9.96. The number of pyridine rings is 1. The van der Waals surface area contributed by atoms with Crippen molar-refractivity contribution in [2.24, 2.45) is 5.16 Å². The van der Waals surface area contributed by atoms with E-state index < -0.39 is 4.92 Å². The summed E-state index contributed by atoms with van der Waals surface area (Å²) in [7, 11) is 0. The SMILES string of the molecule is CC(=NOc1ncnc(N2CCC(c3nc(C(C)C)no3)CC2)c1[N+](=O)[O-])c1cccnc1. The molecule has 4 heterocycles. The third-order valence-corrected chi connectivity index (χ3v) is 5.42. The lowest BCUT2D eigenvalue weighted by Gasteiger charge is -2.30. The van der Waals surface area contributed by atoms with Crippen molar-refractivity contribution in [3.63, 3.8) is 0 Å². The van der Waals surface area contributed by atoms with Crippen LogP contribution in [0.4, 0.5) is 11.5 Å². The van der Waals surface area contributed by atoms with Crippen LogP contribution >= 0.6 is 0 Å². The molecular weight excluding hydrogens is 428 g/mol. The van der Waals surface area contributed by atoms with E-state index in [0.717, 1.165) is 5.56 Å². The summed E-state index contributed by atoms with van der Waals surface area (Å²) in [4.78, 5) is 35.2. The molecule has 0 N–H and O–H groups in total. The zero-order valence-electron chi connectivity index (χ0n) is 18.6. The summed E-state index contributed by atoms with van der Waals surface area (Å²) in [5.74, 6) is 1.57. The Kier molecular flexibility index (Phi) is 6.52. The number of aromatic nitrogens is 5. The first-order chi connectivity index (χ1) is 15.9. The van der Waals surface area contributed by atoms with Crippen molar-refractivity contribution in [1.82, 2.24) is 25.1 Å². The molecule has 12 nitrogen and oxygen atoms in total.